The van der Waals surface area contributed by atoms with Gasteiger partial charge in [-0.3, -0.25) is 0 Å². The van der Waals surface area contributed by atoms with E-state index in [0.717, 1.165) is 76.1 Å². The van der Waals surface area contributed by atoms with E-state index in [1.165, 1.54) is 24.1 Å². The van der Waals surface area contributed by atoms with Gasteiger partial charge in [0.05, 0.1) is 12.2 Å². The lowest BCUT2D eigenvalue weighted by atomic mass is 9.72. The lowest BCUT2D eigenvalue weighted by molar-refractivity contribution is -0.0337. The summed E-state index contributed by atoms with van der Waals surface area (Å²) in [5.74, 6) is 0.750. The molecular formula is C27H39Cl2FN2O2. The zero-order valence-corrected chi connectivity index (χ0v) is 21.8. The Morgan fingerprint density at radius 3 is 2.15 bits per heavy atom. The van der Waals surface area contributed by atoms with Crippen molar-refractivity contribution < 1.29 is 14.2 Å². The summed E-state index contributed by atoms with van der Waals surface area (Å²) in [6.45, 7) is 5.77. The highest BCUT2D eigenvalue weighted by Crippen LogP contribution is 2.41. The van der Waals surface area contributed by atoms with Gasteiger partial charge >= 0.3 is 0 Å². The molecule has 7 heteroatoms. The Bertz CT molecular complexity index is 837. The number of halogens is 3. The molecule has 0 aromatic heterocycles. The number of ether oxygens (including phenoxy) is 1. The molecule has 0 bridgehead atoms. The topological polar surface area (TPSA) is 35.9 Å². The van der Waals surface area contributed by atoms with E-state index in [0.29, 0.717) is 6.61 Å². The summed E-state index contributed by atoms with van der Waals surface area (Å²) < 4.78 is 19.0. The minimum absolute atomic E-state index is 0. The van der Waals surface area contributed by atoms with Gasteiger partial charge in [-0.2, -0.15) is 0 Å². The SMILES string of the molecule is CN1CCN(CC(c2ccc(OCCc3ccc(F)cc3)cc2)C2(O)CCCCC2)CC1.Cl.Cl. The van der Waals surface area contributed by atoms with Crippen molar-refractivity contribution in [2.24, 2.45) is 0 Å². The van der Waals surface area contributed by atoms with Gasteiger partial charge in [0.25, 0.3) is 0 Å². The maximum atomic E-state index is 13.0. The van der Waals surface area contributed by atoms with E-state index in [4.69, 9.17) is 4.74 Å². The maximum Gasteiger partial charge on any atom is 0.123 e. The van der Waals surface area contributed by atoms with Crippen LogP contribution in [0.4, 0.5) is 4.39 Å². The molecule has 0 spiro atoms. The van der Waals surface area contributed by atoms with Crippen molar-refractivity contribution >= 4 is 24.8 Å². The van der Waals surface area contributed by atoms with Crippen LogP contribution in [-0.4, -0.2) is 66.9 Å². The van der Waals surface area contributed by atoms with E-state index in [1.807, 2.05) is 12.1 Å². The van der Waals surface area contributed by atoms with Crippen LogP contribution in [0.25, 0.3) is 0 Å². The molecule has 1 saturated carbocycles. The highest BCUT2D eigenvalue weighted by atomic mass is 35.5. The molecule has 1 atom stereocenters. The van der Waals surface area contributed by atoms with E-state index in [-0.39, 0.29) is 36.5 Å². The number of aliphatic hydroxyl groups is 1. The molecule has 2 fully saturated rings. The third kappa shape index (κ3) is 7.82. The van der Waals surface area contributed by atoms with Crippen molar-refractivity contribution in [3.05, 3.63) is 65.5 Å². The molecule has 190 valence electrons. The van der Waals surface area contributed by atoms with Crippen molar-refractivity contribution in [1.82, 2.24) is 9.80 Å². The van der Waals surface area contributed by atoms with E-state index in [2.05, 4.69) is 29.0 Å². The minimum Gasteiger partial charge on any atom is -0.493 e. The molecule has 0 amide bonds. The van der Waals surface area contributed by atoms with Crippen LogP contribution in [0.15, 0.2) is 48.5 Å². The number of likely N-dealkylation sites (N-methyl/N-ethyl adjacent to an activating group) is 1. The number of hydrogen-bond donors (Lipinski definition) is 1. The average Bonchev–Trinajstić information content (AvgIpc) is 2.81. The normalized spacial score (nSPS) is 19.5. The third-order valence-corrected chi connectivity index (χ3v) is 7.26. The molecule has 2 aliphatic rings. The fraction of sp³-hybridized carbons (Fsp3) is 0.556. The average molecular weight is 514 g/mol. The predicted molar refractivity (Wildman–Crippen MR) is 141 cm³/mol. The lowest BCUT2D eigenvalue weighted by Gasteiger charge is -2.43. The van der Waals surface area contributed by atoms with Crippen LogP contribution in [0.3, 0.4) is 0 Å². The molecule has 1 N–H and O–H groups in total. The second-order valence-electron chi connectivity index (χ2n) is 9.61. The van der Waals surface area contributed by atoms with Crippen molar-refractivity contribution in [3.63, 3.8) is 0 Å². The molecule has 34 heavy (non-hydrogen) atoms. The summed E-state index contributed by atoms with van der Waals surface area (Å²) in [5, 5.41) is 11.6. The Morgan fingerprint density at radius 2 is 1.53 bits per heavy atom. The molecule has 4 rings (SSSR count). The second-order valence-corrected chi connectivity index (χ2v) is 9.61. The van der Waals surface area contributed by atoms with Crippen LogP contribution >= 0.6 is 24.8 Å². The fourth-order valence-corrected chi connectivity index (χ4v) is 5.12. The van der Waals surface area contributed by atoms with Gasteiger partial charge in [-0.25, -0.2) is 4.39 Å². The number of piperazine rings is 1. The Hall–Kier alpha value is -1.37. The van der Waals surface area contributed by atoms with E-state index < -0.39 is 5.60 Å². The summed E-state index contributed by atoms with van der Waals surface area (Å²) in [5.41, 5.74) is 1.65. The fourth-order valence-electron chi connectivity index (χ4n) is 5.12. The second kappa shape index (κ2) is 13.6. The van der Waals surface area contributed by atoms with Gasteiger partial charge in [0.15, 0.2) is 0 Å². The first-order valence-corrected chi connectivity index (χ1v) is 12.1. The molecule has 1 aliphatic carbocycles. The van der Waals surface area contributed by atoms with Crippen LogP contribution in [0.1, 0.15) is 49.1 Å². The van der Waals surface area contributed by atoms with E-state index >= 15 is 0 Å². The van der Waals surface area contributed by atoms with Gasteiger partial charge in [-0.1, -0.05) is 43.5 Å². The number of hydrogen-bond acceptors (Lipinski definition) is 4. The van der Waals surface area contributed by atoms with Gasteiger partial charge in [0.2, 0.25) is 0 Å². The van der Waals surface area contributed by atoms with Gasteiger partial charge in [-0.15, -0.1) is 24.8 Å². The van der Waals surface area contributed by atoms with Gasteiger partial charge in [0.1, 0.15) is 11.6 Å². The molecule has 1 saturated heterocycles. The summed E-state index contributed by atoms with van der Waals surface area (Å²) in [4.78, 5) is 4.89. The summed E-state index contributed by atoms with van der Waals surface area (Å²) in [7, 11) is 2.18. The van der Waals surface area contributed by atoms with Crippen LogP contribution in [0.5, 0.6) is 5.75 Å². The van der Waals surface area contributed by atoms with E-state index in [1.54, 1.807) is 12.1 Å². The summed E-state index contributed by atoms with van der Waals surface area (Å²) in [6, 6.07) is 14.9. The Balaban J connectivity index is 0.00000204. The first-order chi connectivity index (χ1) is 15.5. The lowest BCUT2D eigenvalue weighted by Crippen LogP contribution is -2.50. The van der Waals surface area contributed by atoms with Crippen LogP contribution in [0.2, 0.25) is 0 Å². The third-order valence-electron chi connectivity index (χ3n) is 7.26. The minimum atomic E-state index is -0.618. The highest BCUT2D eigenvalue weighted by Gasteiger charge is 2.39. The van der Waals surface area contributed by atoms with E-state index in [9.17, 15) is 9.50 Å². The zero-order valence-electron chi connectivity index (χ0n) is 20.1. The molecule has 2 aromatic rings. The first kappa shape index (κ1) is 28.9. The quantitative estimate of drug-likeness (QED) is 0.519. The smallest absolute Gasteiger partial charge is 0.123 e. The van der Waals surface area contributed by atoms with Crippen molar-refractivity contribution in [2.45, 2.75) is 50.0 Å². The number of rotatable bonds is 8. The Kier molecular flexibility index (Phi) is 11.6. The van der Waals surface area contributed by atoms with Crippen molar-refractivity contribution in [2.75, 3.05) is 46.4 Å². The Morgan fingerprint density at radius 1 is 0.912 bits per heavy atom. The molecule has 1 heterocycles. The van der Waals surface area contributed by atoms with Gasteiger partial charge in [0, 0.05) is 45.1 Å². The van der Waals surface area contributed by atoms with Gasteiger partial charge < -0.3 is 19.6 Å². The van der Waals surface area contributed by atoms with Crippen LogP contribution in [-0.2, 0) is 6.42 Å². The first-order valence-electron chi connectivity index (χ1n) is 12.1. The molecule has 1 aliphatic heterocycles. The zero-order chi connectivity index (χ0) is 22.4. The number of nitrogens with zero attached hydrogens (tertiary/aromatic N) is 2. The van der Waals surface area contributed by atoms with Crippen LogP contribution < -0.4 is 4.74 Å². The predicted octanol–water partition coefficient (Wildman–Crippen LogP) is 5.32. The van der Waals surface area contributed by atoms with Crippen molar-refractivity contribution in [3.8, 4) is 5.75 Å². The molecular weight excluding hydrogens is 474 g/mol. The maximum absolute atomic E-state index is 13.0. The monoisotopic (exact) mass is 512 g/mol. The largest absolute Gasteiger partial charge is 0.493 e. The summed E-state index contributed by atoms with van der Waals surface area (Å²) in [6.07, 6.45) is 5.97. The Labute approximate surface area is 216 Å². The van der Waals surface area contributed by atoms with Crippen molar-refractivity contribution in [1.29, 1.82) is 0 Å². The van der Waals surface area contributed by atoms with Gasteiger partial charge in [-0.05, 0) is 55.3 Å². The number of benzene rings is 2. The standard InChI is InChI=1S/C27H37FN2O2.2ClH/c1-29-16-18-30(19-17-29)21-26(27(31)14-3-2-4-15-27)23-7-11-25(12-8-23)32-20-13-22-5-9-24(28)10-6-22;;/h5-12,26,31H,2-4,13-21H2,1H3;2*1H. The molecule has 4 nitrogen and oxygen atoms in total. The molecule has 0 radical (unpaired) electrons. The molecule has 2 aromatic carbocycles. The molecule has 1 unspecified atom stereocenters. The van der Waals surface area contributed by atoms with Crippen LogP contribution in [0, 0.1) is 5.82 Å². The highest BCUT2D eigenvalue weighted by molar-refractivity contribution is 5.85. The summed E-state index contributed by atoms with van der Waals surface area (Å²) >= 11 is 0.